The average molecular weight is 356 g/mol. The Morgan fingerprint density at radius 3 is 2.42 bits per heavy atom. The van der Waals surface area contributed by atoms with Gasteiger partial charge in [-0.2, -0.15) is 0 Å². The minimum absolute atomic E-state index is 0.0707. The van der Waals surface area contributed by atoms with Crippen LogP contribution in [-0.4, -0.2) is 26.3 Å². The molecule has 1 unspecified atom stereocenters. The number of aryl methyl sites for hydroxylation is 1. The van der Waals surface area contributed by atoms with Crippen molar-refractivity contribution < 1.29 is 14.3 Å². The van der Waals surface area contributed by atoms with Crippen LogP contribution in [0.1, 0.15) is 31.0 Å². The highest BCUT2D eigenvalue weighted by molar-refractivity contribution is 5.74. The second kappa shape index (κ2) is 9.70. The number of amides is 2. The molecule has 2 aromatic carbocycles. The monoisotopic (exact) mass is 356 g/mol. The number of ether oxygens (including phenoxy) is 2. The lowest BCUT2D eigenvalue weighted by Crippen LogP contribution is -2.41. The topological polar surface area (TPSA) is 59.6 Å². The minimum Gasteiger partial charge on any atom is -0.497 e. The molecule has 0 radical (unpaired) electrons. The van der Waals surface area contributed by atoms with E-state index in [2.05, 4.69) is 24.5 Å². The zero-order valence-corrected chi connectivity index (χ0v) is 15.9. The van der Waals surface area contributed by atoms with Crippen LogP contribution in [0, 0.1) is 12.8 Å². The number of nitrogens with one attached hydrogen (secondary N) is 2. The van der Waals surface area contributed by atoms with Crippen molar-refractivity contribution in [2.24, 2.45) is 5.92 Å². The molecule has 0 bridgehead atoms. The van der Waals surface area contributed by atoms with Crippen LogP contribution in [-0.2, 0) is 0 Å². The molecule has 2 rings (SSSR count). The Morgan fingerprint density at radius 1 is 1.08 bits per heavy atom. The fraction of sp³-hybridized carbons (Fsp3) is 0.381. The molecular weight excluding hydrogens is 328 g/mol. The molecule has 5 heteroatoms. The molecule has 0 aliphatic rings. The van der Waals surface area contributed by atoms with E-state index in [1.165, 1.54) is 0 Å². The van der Waals surface area contributed by atoms with Crippen LogP contribution in [0.3, 0.4) is 0 Å². The van der Waals surface area contributed by atoms with Crippen LogP contribution in [0.4, 0.5) is 4.79 Å². The van der Waals surface area contributed by atoms with Gasteiger partial charge in [-0.05, 0) is 48.2 Å². The summed E-state index contributed by atoms with van der Waals surface area (Å²) in [4.78, 5) is 12.2. The van der Waals surface area contributed by atoms with Gasteiger partial charge in [0.1, 0.15) is 18.1 Å². The first kappa shape index (κ1) is 19.6. The number of rotatable bonds is 8. The lowest BCUT2D eigenvalue weighted by atomic mass is 9.96. The molecule has 5 nitrogen and oxygen atoms in total. The summed E-state index contributed by atoms with van der Waals surface area (Å²) in [5.74, 6) is 1.87. The van der Waals surface area contributed by atoms with Crippen molar-refractivity contribution in [3.63, 3.8) is 0 Å². The molecule has 0 aromatic heterocycles. The van der Waals surface area contributed by atoms with E-state index in [1.54, 1.807) is 7.11 Å². The number of urea groups is 1. The summed E-state index contributed by atoms with van der Waals surface area (Å²) in [5, 5.41) is 5.88. The summed E-state index contributed by atoms with van der Waals surface area (Å²) in [6.45, 7) is 7.04. The highest BCUT2D eigenvalue weighted by Crippen LogP contribution is 2.23. The van der Waals surface area contributed by atoms with Gasteiger partial charge in [0.05, 0.1) is 19.7 Å². The summed E-state index contributed by atoms with van der Waals surface area (Å²) in [5.41, 5.74) is 2.19. The van der Waals surface area contributed by atoms with E-state index >= 15 is 0 Å². The van der Waals surface area contributed by atoms with E-state index in [0.29, 0.717) is 13.2 Å². The van der Waals surface area contributed by atoms with Gasteiger partial charge in [0.15, 0.2) is 0 Å². The van der Waals surface area contributed by atoms with Crippen LogP contribution in [0.2, 0.25) is 0 Å². The maximum absolute atomic E-state index is 12.2. The smallest absolute Gasteiger partial charge is 0.315 e. The molecule has 0 aliphatic heterocycles. The highest BCUT2D eigenvalue weighted by atomic mass is 16.5. The van der Waals surface area contributed by atoms with Crippen molar-refractivity contribution in [1.29, 1.82) is 0 Å². The normalized spacial score (nSPS) is 11.7. The van der Waals surface area contributed by atoms with Crippen LogP contribution in [0.15, 0.2) is 48.5 Å². The second-order valence-corrected chi connectivity index (χ2v) is 6.56. The largest absolute Gasteiger partial charge is 0.497 e. The number of benzene rings is 2. The van der Waals surface area contributed by atoms with Crippen molar-refractivity contribution in [2.75, 3.05) is 20.3 Å². The summed E-state index contributed by atoms with van der Waals surface area (Å²) < 4.78 is 10.8. The van der Waals surface area contributed by atoms with Gasteiger partial charge in [-0.3, -0.25) is 0 Å². The third-order valence-corrected chi connectivity index (χ3v) is 4.07. The first-order valence-corrected chi connectivity index (χ1v) is 8.87. The van der Waals surface area contributed by atoms with E-state index in [-0.39, 0.29) is 18.0 Å². The lowest BCUT2D eigenvalue weighted by molar-refractivity contribution is 0.229. The fourth-order valence-electron chi connectivity index (χ4n) is 2.68. The molecule has 0 fully saturated rings. The van der Waals surface area contributed by atoms with Crippen molar-refractivity contribution in [2.45, 2.75) is 26.8 Å². The Bertz CT molecular complexity index is 699. The van der Waals surface area contributed by atoms with Crippen molar-refractivity contribution in [3.05, 3.63) is 59.7 Å². The third kappa shape index (κ3) is 5.99. The minimum atomic E-state index is -0.202. The highest BCUT2D eigenvalue weighted by Gasteiger charge is 2.18. The number of hydrogen-bond donors (Lipinski definition) is 2. The Labute approximate surface area is 155 Å². The van der Waals surface area contributed by atoms with Crippen LogP contribution < -0.4 is 20.1 Å². The zero-order chi connectivity index (χ0) is 18.9. The number of methoxy groups -OCH3 is 1. The van der Waals surface area contributed by atoms with Gasteiger partial charge in [0.2, 0.25) is 0 Å². The first-order valence-electron chi connectivity index (χ1n) is 8.87. The summed E-state index contributed by atoms with van der Waals surface area (Å²) in [7, 11) is 1.64. The number of carbonyl (C=O) groups is 1. The van der Waals surface area contributed by atoms with Crippen molar-refractivity contribution >= 4 is 6.03 Å². The molecule has 140 valence electrons. The molecule has 0 heterocycles. The van der Waals surface area contributed by atoms with Gasteiger partial charge < -0.3 is 20.1 Å². The molecule has 0 spiro atoms. The predicted molar refractivity (Wildman–Crippen MR) is 104 cm³/mol. The van der Waals surface area contributed by atoms with Gasteiger partial charge in [0, 0.05) is 0 Å². The van der Waals surface area contributed by atoms with E-state index < -0.39 is 0 Å². The average Bonchev–Trinajstić information content (AvgIpc) is 2.63. The van der Waals surface area contributed by atoms with E-state index in [9.17, 15) is 4.79 Å². The molecular formula is C21H28N2O3. The standard InChI is InChI=1S/C21H28N2O3/c1-15(2)20(17-8-10-18(25-4)11-9-17)23-21(24)22-12-13-26-19-7-5-6-16(3)14-19/h5-11,14-15,20H,12-13H2,1-4H3,(H2,22,23,24). The molecule has 2 amide bonds. The Balaban J connectivity index is 1.81. The van der Waals surface area contributed by atoms with E-state index in [1.807, 2.05) is 55.5 Å². The van der Waals surface area contributed by atoms with Gasteiger partial charge >= 0.3 is 6.03 Å². The Hall–Kier alpha value is -2.69. The van der Waals surface area contributed by atoms with Gasteiger partial charge in [-0.25, -0.2) is 4.79 Å². The molecule has 26 heavy (non-hydrogen) atoms. The SMILES string of the molecule is COc1ccc(C(NC(=O)NCCOc2cccc(C)c2)C(C)C)cc1. The van der Waals surface area contributed by atoms with E-state index in [0.717, 1.165) is 22.6 Å². The summed E-state index contributed by atoms with van der Waals surface area (Å²) >= 11 is 0. The molecule has 1 atom stereocenters. The molecule has 0 saturated heterocycles. The van der Waals surface area contributed by atoms with Crippen LogP contribution in [0.25, 0.3) is 0 Å². The van der Waals surface area contributed by atoms with Crippen LogP contribution in [0.5, 0.6) is 11.5 Å². The zero-order valence-electron chi connectivity index (χ0n) is 15.9. The summed E-state index contributed by atoms with van der Waals surface area (Å²) in [6, 6.07) is 15.3. The summed E-state index contributed by atoms with van der Waals surface area (Å²) in [6.07, 6.45) is 0. The van der Waals surface area contributed by atoms with E-state index in [4.69, 9.17) is 9.47 Å². The molecule has 2 aromatic rings. The quantitative estimate of drug-likeness (QED) is 0.701. The van der Waals surface area contributed by atoms with Gasteiger partial charge in [-0.15, -0.1) is 0 Å². The van der Waals surface area contributed by atoms with Gasteiger partial charge in [-0.1, -0.05) is 38.1 Å². The van der Waals surface area contributed by atoms with Crippen LogP contribution >= 0.6 is 0 Å². The van der Waals surface area contributed by atoms with Crippen molar-refractivity contribution in [3.8, 4) is 11.5 Å². The third-order valence-electron chi connectivity index (χ3n) is 4.07. The Morgan fingerprint density at radius 2 is 1.81 bits per heavy atom. The maximum atomic E-state index is 12.2. The predicted octanol–water partition coefficient (Wildman–Crippen LogP) is 4.08. The lowest BCUT2D eigenvalue weighted by Gasteiger charge is -2.23. The maximum Gasteiger partial charge on any atom is 0.315 e. The number of hydrogen-bond acceptors (Lipinski definition) is 3. The molecule has 2 N–H and O–H groups in total. The number of carbonyl (C=O) groups excluding carboxylic acids is 1. The Kier molecular flexibility index (Phi) is 7.33. The molecule has 0 aliphatic carbocycles. The first-order chi connectivity index (χ1) is 12.5. The van der Waals surface area contributed by atoms with Crippen molar-refractivity contribution in [1.82, 2.24) is 10.6 Å². The second-order valence-electron chi connectivity index (χ2n) is 6.56. The fourth-order valence-corrected chi connectivity index (χ4v) is 2.68. The molecule has 0 saturated carbocycles. The van der Waals surface area contributed by atoms with Gasteiger partial charge in [0.25, 0.3) is 0 Å².